The van der Waals surface area contributed by atoms with Gasteiger partial charge in [0, 0.05) is 0 Å². The molecule has 1 spiro atoms. The first-order chi connectivity index (χ1) is 11.5. The Labute approximate surface area is 149 Å². The molecule has 25 heavy (non-hydrogen) atoms. The third kappa shape index (κ3) is 2.32. The predicted octanol–water partition coefficient (Wildman–Crippen LogP) is 1.45. The summed E-state index contributed by atoms with van der Waals surface area (Å²) in [4.78, 5) is 13.1. The number of aliphatic hydroxyl groups is 3. The standard InChI is InChI=1S/C20H30O5/c1-10-7-13-12(18(13,3)4)5-6-19(9-25-19)17(23)14-15(21)11(2)8-20(14,24)16(10)22/h7,11-15,17,21,23-24H,5-6,8-9H2,1-4H3/b10-7+/t11-,12-,13+,14+,15-,17-,19+,20+/m0/s1. The van der Waals surface area contributed by atoms with Gasteiger partial charge in [-0.2, -0.15) is 0 Å². The van der Waals surface area contributed by atoms with Crippen molar-refractivity contribution in [2.45, 2.75) is 70.4 Å². The average Bonchev–Trinajstić information content (AvgIpc) is 3.39. The highest BCUT2D eigenvalue weighted by Crippen LogP contribution is 2.63. The number of rotatable bonds is 0. The molecule has 3 fully saturated rings. The zero-order valence-corrected chi connectivity index (χ0v) is 15.5. The quantitative estimate of drug-likeness (QED) is 0.575. The lowest BCUT2D eigenvalue weighted by Gasteiger charge is -2.36. The summed E-state index contributed by atoms with van der Waals surface area (Å²) in [6.07, 6.45) is 1.86. The number of carbonyl (C=O) groups excluding carboxylic acids is 1. The lowest BCUT2D eigenvalue weighted by molar-refractivity contribution is -0.150. The highest BCUT2D eigenvalue weighted by atomic mass is 16.6. The van der Waals surface area contributed by atoms with Crippen LogP contribution in [0.4, 0.5) is 0 Å². The largest absolute Gasteiger partial charge is 0.392 e. The zero-order chi connectivity index (χ0) is 18.4. The fraction of sp³-hybridized carbons (Fsp3) is 0.850. The molecule has 5 nitrogen and oxygen atoms in total. The highest BCUT2D eigenvalue weighted by Gasteiger charge is 2.66. The zero-order valence-electron chi connectivity index (χ0n) is 15.5. The van der Waals surface area contributed by atoms with Gasteiger partial charge in [0.15, 0.2) is 5.78 Å². The van der Waals surface area contributed by atoms with E-state index < -0.39 is 29.3 Å². The van der Waals surface area contributed by atoms with Crippen LogP contribution in [0.1, 0.15) is 47.0 Å². The van der Waals surface area contributed by atoms with Crippen LogP contribution in [0.5, 0.6) is 0 Å². The molecule has 4 aliphatic rings. The van der Waals surface area contributed by atoms with Gasteiger partial charge in [-0.25, -0.2) is 0 Å². The van der Waals surface area contributed by atoms with E-state index >= 15 is 0 Å². The minimum atomic E-state index is -1.73. The maximum absolute atomic E-state index is 13.1. The van der Waals surface area contributed by atoms with Crippen LogP contribution in [0.2, 0.25) is 0 Å². The number of Topliss-reactive ketones (excluding diaryl/α,β-unsaturated/α-hetero) is 1. The molecule has 3 N–H and O–H groups in total. The summed E-state index contributed by atoms with van der Waals surface area (Å²) in [5.41, 5.74) is -1.76. The van der Waals surface area contributed by atoms with Crippen LogP contribution in [0.3, 0.4) is 0 Å². The van der Waals surface area contributed by atoms with Crippen LogP contribution in [0, 0.1) is 29.1 Å². The van der Waals surface area contributed by atoms with Gasteiger partial charge in [0.2, 0.25) is 0 Å². The molecule has 0 radical (unpaired) electrons. The van der Waals surface area contributed by atoms with Gasteiger partial charge in [-0.1, -0.05) is 26.8 Å². The van der Waals surface area contributed by atoms with Crippen molar-refractivity contribution in [1.82, 2.24) is 0 Å². The molecular formula is C20H30O5. The smallest absolute Gasteiger partial charge is 0.190 e. The molecular weight excluding hydrogens is 320 g/mol. The average molecular weight is 350 g/mol. The van der Waals surface area contributed by atoms with E-state index in [2.05, 4.69) is 13.8 Å². The SMILES string of the molecule is C/C1=C\[C@@H]2[C@H](CC[C@@]3(CO3)[C@@H](O)[C@H]3[C@@H](O)[C@@H](C)C[C@]3(O)C1=O)C2(C)C. The Bertz CT molecular complexity index is 634. The van der Waals surface area contributed by atoms with Gasteiger partial charge in [-0.15, -0.1) is 0 Å². The van der Waals surface area contributed by atoms with Crippen molar-refractivity contribution in [2.75, 3.05) is 6.61 Å². The summed E-state index contributed by atoms with van der Waals surface area (Å²) in [5, 5.41) is 33.0. The van der Waals surface area contributed by atoms with Crippen molar-refractivity contribution in [3.63, 3.8) is 0 Å². The number of epoxide rings is 1. The fourth-order valence-corrected chi connectivity index (χ4v) is 5.71. The normalized spacial score (nSPS) is 56.4. The van der Waals surface area contributed by atoms with Gasteiger partial charge in [0.05, 0.1) is 24.7 Å². The summed E-state index contributed by atoms with van der Waals surface area (Å²) in [7, 11) is 0. The number of allylic oxidation sites excluding steroid dienone is 1. The molecule has 0 aromatic heterocycles. The third-order valence-electron chi connectivity index (χ3n) is 7.73. The Hall–Kier alpha value is -0.750. The van der Waals surface area contributed by atoms with E-state index in [1.165, 1.54) is 0 Å². The van der Waals surface area contributed by atoms with Crippen molar-refractivity contribution < 1.29 is 24.9 Å². The second kappa shape index (κ2) is 5.16. The van der Waals surface area contributed by atoms with E-state index in [1.807, 2.05) is 13.0 Å². The summed E-state index contributed by atoms with van der Waals surface area (Å²) >= 11 is 0. The van der Waals surface area contributed by atoms with Crippen molar-refractivity contribution >= 4 is 5.78 Å². The predicted molar refractivity (Wildman–Crippen MR) is 91.7 cm³/mol. The van der Waals surface area contributed by atoms with Gasteiger partial charge in [-0.05, 0) is 54.9 Å². The second-order valence-electron chi connectivity index (χ2n) is 9.59. The van der Waals surface area contributed by atoms with Crippen LogP contribution in [0.15, 0.2) is 11.6 Å². The van der Waals surface area contributed by atoms with Crippen molar-refractivity contribution in [1.29, 1.82) is 0 Å². The minimum Gasteiger partial charge on any atom is -0.392 e. The van der Waals surface area contributed by atoms with Crippen molar-refractivity contribution in [2.24, 2.45) is 29.1 Å². The molecule has 1 aliphatic heterocycles. The Kier molecular flexibility index (Phi) is 3.64. The number of fused-ring (bicyclic) bond motifs is 2. The molecule has 3 aliphatic carbocycles. The second-order valence-corrected chi connectivity index (χ2v) is 9.59. The molecule has 0 bridgehead atoms. The van der Waals surface area contributed by atoms with E-state index in [0.29, 0.717) is 30.4 Å². The lowest BCUT2D eigenvalue weighted by Crippen LogP contribution is -2.54. The van der Waals surface area contributed by atoms with E-state index in [0.717, 1.165) is 6.42 Å². The van der Waals surface area contributed by atoms with Gasteiger partial charge < -0.3 is 20.1 Å². The molecule has 1 heterocycles. The number of hydrogen-bond acceptors (Lipinski definition) is 5. The van der Waals surface area contributed by atoms with Crippen LogP contribution < -0.4 is 0 Å². The lowest BCUT2D eigenvalue weighted by atomic mass is 9.75. The van der Waals surface area contributed by atoms with Crippen LogP contribution >= 0.6 is 0 Å². The number of ether oxygens (including phenoxy) is 1. The van der Waals surface area contributed by atoms with E-state index in [-0.39, 0.29) is 23.5 Å². The maximum atomic E-state index is 13.1. The van der Waals surface area contributed by atoms with Gasteiger partial charge in [0.25, 0.3) is 0 Å². The first-order valence-electron chi connectivity index (χ1n) is 9.50. The first-order valence-corrected chi connectivity index (χ1v) is 9.50. The number of carbonyl (C=O) groups is 1. The van der Waals surface area contributed by atoms with E-state index in [1.54, 1.807) is 6.92 Å². The topological polar surface area (TPSA) is 90.3 Å². The monoisotopic (exact) mass is 350 g/mol. The molecule has 2 saturated carbocycles. The van der Waals surface area contributed by atoms with Gasteiger partial charge >= 0.3 is 0 Å². The molecule has 5 heteroatoms. The molecule has 4 rings (SSSR count). The highest BCUT2D eigenvalue weighted by molar-refractivity contribution is 6.02. The Morgan fingerprint density at radius 1 is 1.28 bits per heavy atom. The fourth-order valence-electron chi connectivity index (χ4n) is 5.71. The Morgan fingerprint density at radius 3 is 2.52 bits per heavy atom. The minimum absolute atomic E-state index is 0.131. The van der Waals surface area contributed by atoms with Crippen LogP contribution in [-0.2, 0) is 9.53 Å². The van der Waals surface area contributed by atoms with Crippen molar-refractivity contribution in [3.05, 3.63) is 11.6 Å². The summed E-state index contributed by atoms with van der Waals surface area (Å²) < 4.78 is 5.66. The number of aliphatic hydroxyl groups excluding tert-OH is 2. The first kappa shape index (κ1) is 17.7. The molecule has 8 atom stereocenters. The molecule has 0 amide bonds. The summed E-state index contributed by atoms with van der Waals surface area (Å²) in [6, 6.07) is 0. The molecule has 0 aromatic carbocycles. The van der Waals surface area contributed by atoms with Gasteiger partial charge in [-0.3, -0.25) is 4.79 Å². The van der Waals surface area contributed by atoms with Crippen molar-refractivity contribution in [3.8, 4) is 0 Å². The maximum Gasteiger partial charge on any atom is 0.190 e. The van der Waals surface area contributed by atoms with E-state index in [4.69, 9.17) is 4.74 Å². The Morgan fingerprint density at radius 2 is 1.92 bits per heavy atom. The van der Waals surface area contributed by atoms with E-state index in [9.17, 15) is 20.1 Å². The molecule has 140 valence electrons. The van der Waals surface area contributed by atoms with Crippen LogP contribution in [-0.4, -0.2) is 51.1 Å². The number of ketones is 1. The Balaban J connectivity index is 1.78. The van der Waals surface area contributed by atoms with Crippen LogP contribution in [0.25, 0.3) is 0 Å². The third-order valence-corrected chi connectivity index (χ3v) is 7.73. The summed E-state index contributed by atoms with van der Waals surface area (Å²) in [5.74, 6) is -0.721. The molecule has 1 saturated heterocycles. The van der Waals surface area contributed by atoms with Gasteiger partial charge in [0.1, 0.15) is 11.2 Å². The molecule has 0 unspecified atom stereocenters. The number of hydrogen-bond donors (Lipinski definition) is 3. The molecule has 0 aromatic rings. The summed E-state index contributed by atoms with van der Waals surface area (Å²) in [6.45, 7) is 8.42.